The lowest BCUT2D eigenvalue weighted by Crippen LogP contribution is -2.01. The highest BCUT2D eigenvalue weighted by atomic mass is 14.1. The molecule has 0 aliphatic carbocycles. The molecule has 1 unspecified atom stereocenters. The Bertz CT molecular complexity index is 320. The molecule has 0 aromatic rings. The maximum Gasteiger partial charge on any atom is -0.0414 e. The van der Waals surface area contributed by atoms with Crippen LogP contribution in [0, 0.1) is 12.8 Å². The molecule has 0 nitrogen and oxygen atoms in total. The smallest absolute Gasteiger partial charge is 0.0414 e. The van der Waals surface area contributed by atoms with Gasteiger partial charge in [0.2, 0.25) is 0 Å². The normalized spacial score (nSPS) is 12.5. The van der Waals surface area contributed by atoms with Gasteiger partial charge in [0.15, 0.2) is 0 Å². The Hall–Kier alpha value is 0. The van der Waals surface area contributed by atoms with Crippen LogP contribution in [0.1, 0.15) is 200 Å². The lowest BCUT2D eigenvalue weighted by Gasteiger charge is -2.16. The van der Waals surface area contributed by atoms with Crippen molar-refractivity contribution in [2.75, 3.05) is 0 Å². The molecule has 199 valence electrons. The van der Waals surface area contributed by atoms with Crippen molar-refractivity contribution in [3.63, 3.8) is 0 Å². The van der Waals surface area contributed by atoms with Gasteiger partial charge in [-0.05, 0) is 5.92 Å². The largest absolute Gasteiger partial charge is 0.0654 e. The van der Waals surface area contributed by atoms with Crippen molar-refractivity contribution in [3.8, 4) is 0 Å². The Morgan fingerprint density at radius 1 is 0.333 bits per heavy atom. The van der Waals surface area contributed by atoms with Gasteiger partial charge in [-0.3, -0.25) is 0 Å². The molecular formula is C33H67. The molecular weight excluding hydrogens is 396 g/mol. The number of hydrogen-bond acceptors (Lipinski definition) is 0. The van der Waals surface area contributed by atoms with Gasteiger partial charge in [0.1, 0.15) is 0 Å². The second-order valence-electron chi connectivity index (χ2n) is 11.2. The molecule has 0 aliphatic heterocycles. The topological polar surface area (TPSA) is 0 Å². The summed E-state index contributed by atoms with van der Waals surface area (Å²) in [7, 11) is 0. The maximum absolute atomic E-state index is 3.99. The van der Waals surface area contributed by atoms with Crippen molar-refractivity contribution in [1.29, 1.82) is 0 Å². The van der Waals surface area contributed by atoms with Crippen molar-refractivity contribution >= 4 is 0 Å². The van der Waals surface area contributed by atoms with E-state index in [-0.39, 0.29) is 0 Å². The van der Waals surface area contributed by atoms with E-state index in [1.807, 2.05) is 0 Å². The lowest BCUT2D eigenvalue weighted by atomic mass is 9.90. The minimum Gasteiger partial charge on any atom is -0.0654 e. The first-order valence-electron chi connectivity index (χ1n) is 16.1. The second-order valence-corrected chi connectivity index (χ2v) is 11.2. The van der Waals surface area contributed by atoms with Crippen LogP contribution in [-0.2, 0) is 0 Å². The first-order chi connectivity index (χ1) is 16.3. The van der Waals surface area contributed by atoms with Crippen molar-refractivity contribution in [2.24, 2.45) is 5.92 Å². The molecule has 33 heavy (non-hydrogen) atoms. The molecule has 0 aromatic carbocycles. The monoisotopic (exact) mass is 464 g/mol. The van der Waals surface area contributed by atoms with Gasteiger partial charge in [0, 0.05) is 0 Å². The van der Waals surface area contributed by atoms with Crippen molar-refractivity contribution in [3.05, 3.63) is 6.92 Å². The maximum atomic E-state index is 3.99. The Morgan fingerprint density at radius 3 is 0.909 bits per heavy atom. The highest BCUT2D eigenvalue weighted by Crippen LogP contribution is 2.24. The van der Waals surface area contributed by atoms with Gasteiger partial charge in [-0.25, -0.2) is 0 Å². The predicted octanol–water partition coefficient (Wildman–Crippen LogP) is 12.8. The van der Waals surface area contributed by atoms with Crippen LogP contribution in [0.5, 0.6) is 0 Å². The molecule has 0 heterocycles. The molecule has 1 atom stereocenters. The average Bonchev–Trinajstić information content (AvgIpc) is 2.83. The zero-order valence-corrected chi connectivity index (χ0v) is 23.8. The third-order valence-corrected chi connectivity index (χ3v) is 7.79. The standard InChI is InChI=1S/C33H67/c1-4-7-10-12-13-14-15-16-17-18-19-20-21-22-23-24-25-26-29-32-33(30-27-9-6-3)31-28-11-8-5-2/h33H,2,4-32H2,1,3H3. The summed E-state index contributed by atoms with van der Waals surface area (Å²) in [6.45, 7) is 8.64. The van der Waals surface area contributed by atoms with Crippen LogP contribution in [-0.4, -0.2) is 0 Å². The van der Waals surface area contributed by atoms with Gasteiger partial charge in [0.05, 0.1) is 0 Å². The van der Waals surface area contributed by atoms with E-state index >= 15 is 0 Å². The molecule has 0 heteroatoms. The number of rotatable bonds is 29. The first kappa shape index (κ1) is 33.0. The fourth-order valence-electron chi connectivity index (χ4n) is 5.41. The Morgan fingerprint density at radius 2 is 0.576 bits per heavy atom. The van der Waals surface area contributed by atoms with Gasteiger partial charge in [-0.15, -0.1) is 0 Å². The molecule has 0 saturated heterocycles. The summed E-state index contributed by atoms with van der Waals surface area (Å²) >= 11 is 0. The molecule has 0 aromatic heterocycles. The summed E-state index contributed by atoms with van der Waals surface area (Å²) in [4.78, 5) is 0. The van der Waals surface area contributed by atoms with Crippen molar-refractivity contribution < 1.29 is 0 Å². The van der Waals surface area contributed by atoms with E-state index in [0.717, 1.165) is 12.3 Å². The molecule has 0 N–H and O–H groups in total. The van der Waals surface area contributed by atoms with Gasteiger partial charge >= 0.3 is 0 Å². The summed E-state index contributed by atoms with van der Waals surface area (Å²) in [5.74, 6) is 1.02. The van der Waals surface area contributed by atoms with Crippen LogP contribution < -0.4 is 0 Å². The lowest BCUT2D eigenvalue weighted by molar-refractivity contribution is 0.369. The van der Waals surface area contributed by atoms with Crippen LogP contribution in [0.25, 0.3) is 0 Å². The van der Waals surface area contributed by atoms with Crippen LogP contribution >= 0.6 is 0 Å². The second kappa shape index (κ2) is 30.0. The van der Waals surface area contributed by atoms with Gasteiger partial charge in [-0.1, -0.05) is 207 Å². The predicted molar refractivity (Wildman–Crippen MR) is 154 cm³/mol. The fourth-order valence-corrected chi connectivity index (χ4v) is 5.41. The van der Waals surface area contributed by atoms with E-state index in [4.69, 9.17) is 0 Å². The fraction of sp³-hybridized carbons (Fsp3) is 0.970. The summed E-state index contributed by atoms with van der Waals surface area (Å²) in [5.41, 5.74) is 0. The van der Waals surface area contributed by atoms with E-state index in [2.05, 4.69) is 20.8 Å². The highest BCUT2D eigenvalue weighted by molar-refractivity contribution is 4.62. The van der Waals surface area contributed by atoms with E-state index in [9.17, 15) is 0 Å². The van der Waals surface area contributed by atoms with E-state index in [1.165, 1.54) is 180 Å². The molecule has 0 amide bonds. The molecule has 0 aliphatic rings. The zero-order valence-electron chi connectivity index (χ0n) is 23.8. The molecule has 0 saturated carbocycles. The Labute approximate surface area is 212 Å². The van der Waals surface area contributed by atoms with Crippen LogP contribution in [0.15, 0.2) is 0 Å². The van der Waals surface area contributed by atoms with E-state index in [0.29, 0.717) is 0 Å². The molecule has 0 fully saturated rings. The molecule has 0 rings (SSSR count). The Balaban J connectivity index is 3.35. The zero-order chi connectivity index (χ0) is 24.1. The number of hydrogen-bond donors (Lipinski definition) is 0. The average molecular weight is 464 g/mol. The van der Waals surface area contributed by atoms with Crippen LogP contribution in [0.2, 0.25) is 0 Å². The highest BCUT2D eigenvalue weighted by Gasteiger charge is 2.08. The van der Waals surface area contributed by atoms with E-state index in [1.54, 1.807) is 0 Å². The third kappa shape index (κ3) is 28.1. The SMILES string of the molecule is [CH2]CCCCCC(CCCCC)CCCCCCCCCCCCCCCCCCCCC. The number of unbranched alkanes of at least 4 members (excludes halogenated alkanes) is 23. The summed E-state index contributed by atoms with van der Waals surface area (Å²) in [6, 6.07) is 0. The molecule has 0 bridgehead atoms. The van der Waals surface area contributed by atoms with E-state index < -0.39 is 0 Å². The van der Waals surface area contributed by atoms with Crippen LogP contribution in [0.4, 0.5) is 0 Å². The van der Waals surface area contributed by atoms with Crippen molar-refractivity contribution in [2.45, 2.75) is 200 Å². The van der Waals surface area contributed by atoms with Gasteiger partial charge in [-0.2, -0.15) is 0 Å². The van der Waals surface area contributed by atoms with Gasteiger partial charge < -0.3 is 0 Å². The first-order valence-corrected chi connectivity index (χ1v) is 16.1. The van der Waals surface area contributed by atoms with Crippen molar-refractivity contribution in [1.82, 2.24) is 0 Å². The minimum atomic E-state index is 1.02. The van der Waals surface area contributed by atoms with Gasteiger partial charge in [0.25, 0.3) is 0 Å². The third-order valence-electron chi connectivity index (χ3n) is 7.79. The summed E-state index contributed by atoms with van der Waals surface area (Å²) in [6.07, 6.45) is 42.2. The van der Waals surface area contributed by atoms with Crippen LogP contribution in [0.3, 0.4) is 0 Å². The Kier molecular flexibility index (Phi) is 30.0. The quantitative estimate of drug-likeness (QED) is 0.0967. The minimum absolute atomic E-state index is 1.02. The summed E-state index contributed by atoms with van der Waals surface area (Å²) in [5, 5.41) is 0. The molecule has 0 spiro atoms. The molecule has 1 radical (unpaired) electrons. The summed E-state index contributed by atoms with van der Waals surface area (Å²) < 4.78 is 0.